The number of nitro benzene ring substituents is 1. The first kappa shape index (κ1) is 19.1. The number of hydrogen-bond donors (Lipinski definition) is 1. The van der Waals surface area contributed by atoms with Gasteiger partial charge in [-0.25, -0.2) is 4.79 Å². The van der Waals surface area contributed by atoms with Gasteiger partial charge in [0, 0.05) is 11.6 Å². The van der Waals surface area contributed by atoms with Gasteiger partial charge in [0.2, 0.25) is 0 Å². The topological polar surface area (TPSA) is 122 Å². The fourth-order valence-electron chi connectivity index (χ4n) is 1.83. The molecular formula is C16H19N3O5. The van der Waals surface area contributed by atoms with Gasteiger partial charge in [-0.3, -0.25) is 14.9 Å². The molecule has 0 radical (unpaired) electrons. The average molecular weight is 333 g/mol. The molecule has 1 aromatic rings. The van der Waals surface area contributed by atoms with E-state index in [1.807, 2.05) is 6.07 Å². The fraction of sp³-hybridized carbons (Fsp3) is 0.438. The van der Waals surface area contributed by atoms with Crippen LogP contribution in [0.1, 0.15) is 36.7 Å². The van der Waals surface area contributed by atoms with Crippen molar-refractivity contribution in [3.05, 3.63) is 39.4 Å². The second-order valence-electron chi connectivity index (χ2n) is 5.85. The van der Waals surface area contributed by atoms with E-state index < -0.39 is 28.9 Å². The third-order valence-electron chi connectivity index (χ3n) is 3.75. The van der Waals surface area contributed by atoms with Crippen molar-refractivity contribution in [3.8, 4) is 6.07 Å². The summed E-state index contributed by atoms with van der Waals surface area (Å²) in [5.41, 5.74) is -0.743. The van der Waals surface area contributed by atoms with Crippen LogP contribution in [0.25, 0.3) is 0 Å². The monoisotopic (exact) mass is 333 g/mol. The maximum absolute atomic E-state index is 11.9. The molecule has 1 aromatic carbocycles. The first-order valence-electron chi connectivity index (χ1n) is 7.25. The number of rotatable bonds is 6. The summed E-state index contributed by atoms with van der Waals surface area (Å²) in [6.45, 7) is 6.11. The van der Waals surface area contributed by atoms with Crippen LogP contribution in [-0.4, -0.2) is 28.9 Å². The molecule has 0 saturated carbocycles. The highest BCUT2D eigenvalue weighted by molar-refractivity contribution is 5.92. The molecule has 0 aliphatic rings. The number of carbonyl (C=O) groups excluding carboxylic acids is 2. The lowest BCUT2D eigenvalue weighted by Gasteiger charge is -2.27. The van der Waals surface area contributed by atoms with E-state index in [1.54, 1.807) is 20.8 Å². The van der Waals surface area contributed by atoms with E-state index in [-0.39, 0.29) is 17.2 Å². The number of nitrogens with one attached hydrogen (secondary N) is 1. The van der Waals surface area contributed by atoms with Crippen molar-refractivity contribution in [2.75, 3.05) is 6.61 Å². The number of ether oxygens (including phenoxy) is 1. The highest BCUT2D eigenvalue weighted by Gasteiger charge is 2.30. The van der Waals surface area contributed by atoms with Crippen molar-refractivity contribution in [2.45, 2.75) is 33.2 Å². The van der Waals surface area contributed by atoms with E-state index in [2.05, 4.69) is 5.32 Å². The smallest absolute Gasteiger partial charge is 0.338 e. The van der Waals surface area contributed by atoms with Crippen LogP contribution < -0.4 is 5.32 Å². The minimum absolute atomic E-state index is 0.106. The maximum atomic E-state index is 11.9. The molecule has 8 heteroatoms. The zero-order chi connectivity index (χ0) is 18.5. The van der Waals surface area contributed by atoms with Crippen molar-refractivity contribution in [1.82, 2.24) is 5.32 Å². The van der Waals surface area contributed by atoms with Crippen LogP contribution in [0.15, 0.2) is 18.2 Å². The van der Waals surface area contributed by atoms with E-state index in [1.165, 1.54) is 25.1 Å². The Morgan fingerprint density at radius 2 is 2.08 bits per heavy atom. The predicted molar refractivity (Wildman–Crippen MR) is 85.1 cm³/mol. The van der Waals surface area contributed by atoms with Gasteiger partial charge in [0.05, 0.1) is 16.6 Å². The van der Waals surface area contributed by atoms with Crippen molar-refractivity contribution >= 4 is 17.6 Å². The normalized spacial score (nSPS) is 12.8. The number of esters is 1. The number of nitriles is 1. The third-order valence-corrected chi connectivity index (χ3v) is 3.75. The summed E-state index contributed by atoms with van der Waals surface area (Å²) in [5.74, 6) is -1.49. The van der Waals surface area contributed by atoms with E-state index >= 15 is 0 Å². The number of nitro groups is 1. The Morgan fingerprint density at radius 3 is 2.54 bits per heavy atom. The van der Waals surface area contributed by atoms with E-state index in [0.29, 0.717) is 5.56 Å². The lowest BCUT2D eigenvalue weighted by molar-refractivity contribution is -0.385. The van der Waals surface area contributed by atoms with Crippen molar-refractivity contribution < 1.29 is 19.2 Å². The van der Waals surface area contributed by atoms with Gasteiger partial charge in [0.15, 0.2) is 6.61 Å². The van der Waals surface area contributed by atoms with E-state index in [0.717, 1.165) is 0 Å². The van der Waals surface area contributed by atoms with Gasteiger partial charge in [0.1, 0.15) is 5.54 Å². The number of carbonyl (C=O) groups is 2. The van der Waals surface area contributed by atoms with Crippen LogP contribution in [0.5, 0.6) is 0 Å². The predicted octanol–water partition coefficient (Wildman–Crippen LogP) is 2.11. The van der Waals surface area contributed by atoms with Crippen molar-refractivity contribution in [2.24, 2.45) is 5.92 Å². The van der Waals surface area contributed by atoms with Crippen LogP contribution in [0, 0.1) is 34.3 Å². The SMILES string of the molecule is Cc1cc(C(=O)OCC(=O)N[C@@](C)(C#N)C(C)C)ccc1[N+](=O)[O-]. The molecule has 0 spiro atoms. The summed E-state index contributed by atoms with van der Waals surface area (Å²) in [6.07, 6.45) is 0. The summed E-state index contributed by atoms with van der Waals surface area (Å²) in [6, 6.07) is 5.81. The largest absolute Gasteiger partial charge is 0.452 e. The van der Waals surface area contributed by atoms with Gasteiger partial charge in [-0.05, 0) is 31.9 Å². The Balaban J connectivity index is 2.70. The minimum atomic E-state index is -1.06. The zero-order valence-corrected chi connectivity index (χ0v) is 14.0. The number of aryl methyl sites for hydroxylation is 1. The number of benzene rings is 1. The molecule has 0 fully saturated rings. The molecule has 1 N–H and O–H groups in total. The lowest BCUT2D eigenvalue weighted by Crippen LogP contribution is -2.50. The minimum Gasteiger partial charge on any atom is -0.452 e. The van der Waals surface area contributed by atoms with E-state index in [9.17, 15) is 19.7 Å². The number of hydrogen-bond acceptors (Lipinski definition) is 6. The van der Waals surface area contributed by atoms with Crippen LogP contribution in [-0.2, 0) is 9.53 Å². The summed E-state index contributed by atoms with van der Waals surface area (Å²) in [5, 5.41) is 22.4. The number of amides is 1. The molecular weight excluding hydrogens is 314 g/mol. The van der Waals surface area contributed by atoms with Crippen LogP contribution in [0.2, 0.25) is 0 Å². The Morgan fingerprint density at radius 1 is 1.46 bits per heavy atom. The molecule has 0 heterocycles. The second-order valence-corrected chi connectivity index (χ2v) is 5.85. The van der Waals surface area contributed by atoms with E-state index in [4.69, 9.17) is 10.00 Å². The van der Waals surface area contributed by atoms with Crippen LogP contribution in [0.3, 0.4) is 0 Å². The molecule has 0 saturated heterocycles. The Hall–Kier alpha value is -2.95. The summed E-state index contributed by atoms with van der Waals surface area (Å²) in [4.78, 5) is 33.9. The molecule has 24 heavy (non-hydrogen) atoms. The molecule has 0 aliphatic heterocycles. The Labute approximate surface area is 139 Å². The van der Waals surface area contributed by atoms with Gasteiger partial charge in [-0.15, -0.1) is 0 Å². The third kappa shape index (κ3) is 4.52. The molecule has 0 aromatic heterocycles. The molecule has 1 rings (SSSR count). The van der Waals surface area contributed by atoms with Gasteiger partial charge in [-0.1, -0.05) is 13.8 Å². The lowest BCUT2D eigenvalue weighted by atomic mass is 9.90. The Kier molecular flexibility index (Phi) is 6.01. The molecule has 128 valence electrons. The number of nitrogens with zero attached hydrogens (tertiary/aromatic N) is 2. The fourth-order valence-corrected chi connectivity index (χ4v) is 1.83. The second kappa shape index (κ2) is 7.55. The molecule has 1 amide bonds. The summed E-state index contributed by atoms with van der Waals surface area (Å²) >= 11 is 0. The molecule has 0 bridgehead atoms. The molecule has 0 aliphatic carbocycles. The highest BCUT2D eigenvalue weighted by atomic mass is 16.6. The van der Waals surface area contributed by atoms with Crippen molar-refractivity contribution in [3.63, 3.8) is 0 Å². The highest BCUT2D eigenvalue weighted by Crippen LogP contribution is 2.19. The first-order valence-corrected chi connectivity index (χ1v) is 7.25. The molecule has 0 unspecified atom stereocenters. The van der Waals surface area contributed by atoms with Gasteiger partial charge in [-0.2, -0.15) is 5.26 Å². The zero-order valence-electron chi connectivity index (χ0n) is 14.0. The first-order chi connectivity index (χ1) is 11.1. The quantitative estimate of drug-likeness (QED) is 0.483. The van der Waals surface area contributed by atoms with Gasteiger partial charge in [0.25, 0.3) is 11.6 Å². The summed E-state index contributed by atoms with van der Waals surface area (Å²) < 4.78 is 4.89. The Bertz CT molecular complexity index is 708. The molecule has 1 atom stereocenters. The summed E-state index contributed by atoms with van der Waals surface area (Å²) in [7, 11) is 0. The van der Waals surface area contributed by atoms with Crippen LogP contribution >= 0.6 is 0 Å². The average Bonchev–Trinajstić information content (AvgIpc) is 2.51. The maximum Gasteiger partial charge on any atom is 0.338 e. The molecule has 8 nitrogen and oxygen atoms in total. The van der Waals surface area contributed by atoms with Gasteiger partial charge < -0.3 is 10.1 Å². The van der Waals surface area contributed by atoms with Crippen LogP contribution in [0.4, 0.5) is 5.69 Å². The standard InChI is InChI=1S/C16H19N3O5/c1-10(2)16(4,9-17)18-14(20)8-24-15(21)12-5-6-13(19(22)23)11(3)7-12/h5-7,10H,8H2,1-4H3,(H,18,20)/t16-/m0/s1. The van der Waals surface area contributed by atoms with Gasteiger partial charge >= 0.3 is 5.97 Å². The van der Waals surface area contributed by atoms with Crippen molar-refractivity contribution in [1.29, 1.82) is 5.26 Å².